The van der Waals surface area contributed by atoms with Crippen LogP contribution in [0.3, 0.4) is 0 Å². The molecule has 2 aromatic rings. The summed E-state index contributed by atoms with van der Waals surface area (Å²) in [6, 6.07) is 2.49. The molecule has 0 aliphatic heterocycles. The summed E-state index contributed by atoms with van der Waals surface area (Å²) in [6.45, 7) is 5.59. The van der Waals surface area contributed by atoms with Crippen molar-refractivity contribution >= 4 is 33.5 Å². The first kappa shape index (κ1) is 20.8. The molecule has 146 valence electrons. The highest BCUT2D eigenvalue weighted by Crippen LogP contribution is 2.32. The zero-order valence-corrected chi connectivity index (χ0v) is 16.7. The third kappa shape index (κ3) is 4.28. The Labute approximate surface area is 162 Å². The Balaban J connectivity index is 2.73. The molecular formula is C16H19ClN4O5S. The lowest BCUT2D eigenvalue weighted by Crippen LogP contribution is -2.37. The molecule has 9 nitrogen and oxygen atoms in total. The van der Waals surface area contributed by atoms with E-state index in [-0.39, 0.29) is 21.3 Å². The summed E-state index contributed by atoms with van der Waals surface area (Å²) >= 11 is 5.87. The van der Waals surface area contributed by atoms with Crippen molar-refractivity contribution in [3.8, 4) is 5.88 Å². The van der Waals surface area contributed by atoms with Crippen LogP contribution in [-0.2, 0) is 16.4 Å². The fourth-order valence-corrected chi connectivity index (χ4v) is 4.02. The van der Waals surface area contributed by atoms with Crippen LogP contribution < -0.4 is 9.04 Å². The molecule has 27 heavy (non-hydrogen) atoms. The lowest BCUT2D eigenvalue weighted by Gasteiger charge is -2.21. The maximum atomic E-state index is 13.0. The van der Waals surface area contributed by atoms with Gasteiger partial charge in [-0.3, -0.25) is 0 Å². The van der Waals surface area contributed by atoms with Gasteiger partial charge in [0, 0.05) is 6.20 Å². The number of rotatable bonds is 6. The Bertz CT molecular complexity index is 965. The zero-order chi connectivity index (χ0) is 20.4. The Morgan fingerprint density at radius 1 is 1.37 bits per heavy atom. The number of aromatic nitrogens is 3. The predicted molar refractivity (Wildman–Crippen MR) is 98.8 cm³/mol. The zero-order valence-electron chi connectivity index (χ0n) is 15.2. The van der Waals surface area contributed by atoms with E-state index in [4.69, 9.17) is 16.3 Å². The molecule has 0 aliphatic carbocycles. The second kappa shape index (κ2) is 8.05. The van der Waals surface area contributed by atoms with E-state index in [9.17, 15) is 18.3 Å². The number of aryl methyl sites for hydroxylation is 1. The number of carboxylic acid groups (broad SMARTS) is 1. The van der Waals surface area contributed by atoms with Crippen molar-refractivity contribution < 1.29 is 23.1 Å². The minimum absolute atomic E-state index is 0.102. The molecule has 0 aliphatic rings. The average molecular weight is 415 g/mol. The maximum Gasteiger partial charge on any atom is 0.427 e. The van der Waals surface area contributed by atoms with Crippen LogP contribution in [0.1, 0.15) is 25.2 Å². The molecule has 0 atom stereocenters. The van der Waals surface area contributed by atoms with E-state index in [2.05, 4.69) is 15.0 Å². The molecule has 2 rings (SSSR count). The molecule has 0 spiro atoms. The van der Waals surface area contributed by atoms with Gasteiger partial charge >= 0.3 is 6.09 Å². The molecule has 2 aromatic heterocycles. The number of hydrogen-bond acceptors (Lipinski definition) is 7. The van der Waals surface area contributed by atoms with Crippen LogP contribution >= 0.6 is 11.6 Å². The summed E-state index contributed by atoms with van der Waals surface area (Å²) in [5.74, 6) is -0.487. The van der Waals surface area contributed by atoms with Crippen LogP contribution in [0, 0.1) is 12.8 Å². The van der Waals surface area contributed by atoms with Crippen molar-refractivity contribution in [2.24, 2.45) is 5.92 Å². The molecule has 1 N–H and O–H groups in total. The van der Waals surface area contributed by atoms with Crippen molar-refractivity contribution in [1.29, 1.82) is 0 Å². The van der Waals surface area contributed by atoms with Gasteiger partial charge in [-0.15, -0.1) is 4.31 Å². The van der Waals surface area contributed by atoms with Gasteiger partial charge in [0.25, 0.3) is 15.9 Å². The van der Waals surface area contributed by atoms with E-state index in [1.54, 1.807) is 6.92 Å². The van der Waals surface area contributed by atoms with Gasteiger partial charge in [0.05, 0.1) is 18.5 Å². The number of nitrogens with zero attached hydrogens (tertiary/aromatic N) is 4. The summed E-state index contributed by atoms with van der Waals surface area (Å²) in [5.41, 5.74) is 0.992. The second-order valence-electron chi connectivity index (χ2n) is 6.03. The largest absolute Gasteiger partial charge is 0.478 e. The molecule has 0 fully saturated rings. The van der Waals surface area contributed by atoms with E-state index in [0.717, 1.165) is 6.07 Å². The number of halogens is 1. The SMILES string of the molecule is COc1nc(C)c(CC(C)C)nc1N(C(=O)O)S(=O)(=O)c1cccnc1Cl. The third-order valence-corrected chi connectivity index (χ3v) is 5.63. The van der Waals surface area contributed by atoms with Gasteiger partial charge in [0.2, 0.25) is 5.82 Å². The van der Waals surface area contributed by atoms with E-state index in [0.29, 0.717) is 17.8 Å². The van der Waals surface area contributed by atoms with Gasteiger partial charge in [-0.05, 0) is 31.4 Å². The van der Waals surface area contributed by atoms with Crippen LogP contribution in [0.4, 0.5) is 10.6 Å². The molecule has 0 radical (unpaired) electrons. The highest BCUT2D eigenvalue weighted by Gasteiger charge is 2.37. The van der Waals surface area contributed by atoms with Crippen LogP contribution in [0.5, 0.6) is 5.88 Å². The minimum atomic E-state index is -4.62. The molecule has 1 amide bonds. The average Bonchev–Trinajstić information content (AvgIpc) is 2.56. The number of ether oxygens (including phenoxy) is 1. The van der Waals surface area contributed by atoms with Crippen LogP contribution in [0.15, 0.2) is 23.2 Å². The Hall–Kier alpha value is -2.46. The van der Waals surface area contributed by atoms with Crippen LogP contribution in [-0.4, -0.2) is 41.7 Å². The molecule has 0 saturated carbocycles. The molecule has 0 aromatic carbocycles. The summed E-state index contributed by atoms with van der Waals surface area (Å²) in [5, 5.41) is 9.28. The number of pyridine rings is 1. The third-order valence-electron chi connectivity index (χ3n) is 3.52. The van der Waals surface area contributed by atoms with Crippen molar-refractivity contribution in [3.05, 3.63) is 34.9 Å². The van der Waals surface area contributed by atoms with Gasteiger partial charge in [0.1, 0.15) is 10.0 Å². The van der Waals surface area contributed by atoms with Crippen molar-refractivity contribution in [2.45, 2.75) is 32.1 Å². The first-order chi connectivity index (χ1) is 12.6. The van der Waals surface area contributed by atoms with Crippen molar-refractivity contribution in [2.75, 3.05) is 11.4 Å². The summed E-state index contributed by atoms with van der Waals surface area (Å²) < 4.78 is 31.1. The van der Waals surface area contributed by atoms with Gasteiger partial charge in [-0.25, -0.2) is 28.2 Å². The van der Waals surface area contributed by atoms with E-state index in [1.807, 2.05) is 13.8 Å². The Kier molecular flexibility index (Phi) is 6.22. The first-order valence-electron chi connectivity index (χ1n) is 7.89. The number of methoxy groups -OCH3 is 1. The first-order valence-corrected chi connectivity index (χ1v) is 9.71. The molecule has 0 bridgehead atoms. The van der Waals surface area contributed by atoms with Gasteiger partial charge in [-0.2, -0.15) is 0 Å². The lowest BCUT2D eigenvalue weighted by atomic mass is 10.1. The predicted octanol–water partition coefficient (Wildman–Crippen LogP) is 2.91. The van der Waals surface area contributed by atoms with Crippen LogP contribution in [0.2, 0.25) is 5.15 Å². The van der Waals surface area contributed by atoms with E-state index >= 15 is 0 Å². The molecule has 0 unspecified atom stereocenters. The quantitative estimate of drug-likeness (QED) is 0.715. The van der Waals surface area contributed by atoms with Crippen molar-refractivity contribution in [1.82, 2.24) is 15.0 Å². The molecule has 2 heterocycles. The van der Waals surface area contributed by atoms with E-state index < -0.39 is 26.8 Å². The molecule has 0 saturated heterocycles. The summed E-state index contributed by atoms with van der Waals surface area (Å²) in [6.07, 6.45) is -0.00179. The van der Waals surface area contributed by atoms with E-state index in [1.165, 1.54) is 19.4 Å². The Morgan fingerprint density at radius 2 is 2.04 bits per heavy atom. The number of sulfonamides is 1. The number of hydrogen-bond donors (Lipinski definition) is 1. The maximum absolute atomic E-state index is 13.0. The monoisotopic (exact) mass is 414 g/mol. The Morgan fingerprint density at radius 3 is 2.56 bits per heavy atom. The van der Waals surface area contributed by atoms with Gasteiger partial charge < -0.3 is 9.84 Å². The van der Waals surface area contributed by atoms with Gasteiger partial charge in [0.15, 0.2) is 0 Å². The smallest absolute Gasteiger partial charge is 0.427 e. The summed E-state index contributed by atoms with van der Waals surface area (Å²) in [4.78, 5) is 23.5. The highest BCUT2D eigenvalue weighted by molar-refractivity contribution is 7.93. The summed E-state index contributed by atoms with van der Waals surface area (Å²) in [7, 11) is -3.37. The van der Waals surface area contributed by atoms with Crippen molar-refractivity contribution in [3.63, 3.8) is 0 Å². The van der Waals surface area contributed by atoms with Gasteiger partial charge in [-0.1, -0.05) is 25.4 Å². The lowest BCUT2D eigenvalue weighted by molar-refractivity contribution is 0.205. The molecular weight excluding hydrogens is 396 g/mol. The number of carbonyl (C=O) groups is 1. The fraction of sp³-hybridized carbons (Fsp3) is 0.375. The normalized spacial score (nSPS) is 11.5. The second-order valence-corrected chi connectivity index (χ2v) is 8.14. The molecule has 11 heteroatoms. The minimum Gasteiger partial charge on any atom is -0.478 e. The van der Waals surface area contributed by atoms with Crippen LogP contribution in [0.25, 0.3) is 0 Å². The highest BCUT2D eigenvalue weighted by atomic mass is 35.5. The number of anilines is 1. The fourth-order valence-electron chi connectivity index (χ4n) is 2.34. The topological polar surface area (TPSA) is 123 Å². The standard InChI is InChI=1S/C16H19ClN4O5S/c1-9(2)8-11-10(3)19-15(26-4)14(20-11)21(16(22)23)27(24,25)12-6-5-7-18-13(12)17/h5-7,9H,8H2,1-4H3,(H,22,23). The number of amides is 1.